The first-order chi connectivity index (χ1) is 9.62. The van der Waals surface area contributed by atoms with Crippen molar-refractivity contribution in [1.82, 2.24) is 14.7 Å². The van der Waals surface area contributed by atoms with Crippen molar-refractivity contribution in [3.05, 3.63) is 0 Å². The summed E-state index contributed by atoms with van der Waals surface area (Å²) >= 11 is 0. The van der Waals surface area contributed by atoms with E-state index in [9.17, 15) is 14.4 Å². The number of carbonyl (C=O) groups is 3. The minimum Gasteiger partial charge on any atom is -0.480 e. The highest BCUT2D eigenvalue weighted by Crippen LogP contribution is 2.22. The lowest BCUT2D eigenvalue weighted by Gasteiger charge is -2.49. The molecule has 1 saturated heterocycles. The number of carboxylic acid groups (broad SMARTS) is 2. The monoisotopic (exact) mass is 301 g/mol. The summed E-state index contributed by atoms with van der Waals surface area (Å²) in [7, 11) is 1.70. The largest absolute Gasteiger partial charge is 0.480 e. The Kier molecular flexibility index (Phi) is 5.82. The first kappa shape index (κ1) is 17.5. The van der Waals surface area contributed by atoms with Gasteiger partial charge in [-0.3, -0.25) is 29.1 Å². The van der Waals surface area contributed by atoms with Gasteiger partial charge in [-0.1, -0.05) is 0 Å². The van der Waals surface area contributed by atoms with E-state index in [0.29, 0.717) is 19.8 Å². The third-order valence-electron chi connectivity index (χ3n) is 3.63. The molecule has 1 fully saturated rings. The number of hydrogen-bond donors (Lipinski definition) is 2. The molecule has 1 rings (SSSR count). The van der Waals surface area contributed by atoms with E-state index in [0.717, 1.165) is 0 Å². The number of carbonyl (C=O) groups excluding carboxylic acids is 1. The molecule has 0 amide bonds. The van der Waals surface area contributed by atoms with Crippen LogP contribution in [0.3, 0.4) is 0 Å². The van der Waals surface area contributed by atoms with Crippen molar-refractivity contribution in [3.8, 4) is 0 Å². The van der Waals surface area contributed by atoms with Crippen molar-refractivity contribution in [3.63, 3.8) is 0 Å². The van der Waals surface area contributed by atoms with Crippen molar-refractivity contribution >= 4 is 17.7 Å². The van der Waals surface area contributed by atoms with E-state index in [1.54, 1.807) is 16.8 Å². The fourth-order valence-corrected chi connectivity index (χ4v) is 2.75. The molecule has 0 aromatic carbocycles. The van der Waals surface area contributed by atoms with Crippen molar-refractivity contribution < 1.29 is 24.6 Å². The molecule has 1 aliphatic rings. The predicted octanol–water partition coefficient (Wildman–Crippen LogP) is -0.990. The molecule has 120 valence electrons. The van der Waals surface area contributed by atoms with E-state index >= 15 is 0 Å². The van der Waals surface area contributed by atoms with Crippen molar-refractivity contribution in [2.24, 2.45) is 0 Å². The van der Waals surface area contributed by atoms with Crippen LogP contribution >= 0.6 is 0 Å². The highest BCUT2D eigenvalue weighted by molar-refractivity contribution is 5.77. The molecule has 0 aromatic rings. The number of likely N-dealkylation sites (N-methyl/N-ethyl adjacent to an activating group) is 1. The zero-order valence-electron chi connectivity index (χ0n) is 12.7. The normalized spacial score (nSPS) is 24.2. The first-order valence-corrected chi connectivity index (χ1v) is 6.71. The molecular weight excluding hydrogens is 278 g/mol. The van der Waals surface area contributed by atoms with Gasteiger partial charge < -0.3 is 10.2 Å². The summed E-state index contributed by atoms with van der Waals surface area (Å²) in [6.45, 7) is 4.68. The molecule has 1 unspecified atom stereocenters. The Morgan fingerprint density at radius 1 is 1.10 bits per heavy atom. The molecular formula is C13H23N3O5. The summed E-state index contributed by atoms with van der Waals surface area (Å²) in [5.74, 6) is -1.88. The molecule has 1 atom stereocenters. The quantitative estimate of drug-likeness (QED) is 0.618. The molecule has 0 saturated carbocycles. The standard InChI is InChI=1S/C13H23N3O5/c1-10(17)4-15-7-13(2,14(3)5-11(18)19)8-16(9-15)6-12(20)21/h4-9H2,1-3H3,(H,18,19)(H,20,21). The van der Waals surface area contributed by atoms with E-state index in [4.69, 9.17) is 10.2 Å². The van der Waals surface area contributed by atoms with Crippen molar-refractivity contribution in [2.45, 2.75) is 19.4 Å². The van der Waals surface area contributed by atoms with Crippen LogP contribution in [0.5, 0.6) is 0 Å². The van der Waals surface area contributed by atoms with Gasteiger partial charge in [0.1, 0.15) is 5.78 Å². The zero-order valence-corrected chi connectivity index (χ0v) is 12.7. The van der Waals surface area contributed by atoms with E-state index < -0.39 is 17.5 Å². The molecule has 1 aliphatic heterocycles. The first-order valence-electron chi connectivity index (χ1n) is 6.71. The molecule has 1 heterocycles. The highest BCUT2D eigenvalue weighted by atomic mass is 16.4. The predicted molar refractivity (Wildman–Crippen MR) is 75.0 cm³/mol. The number of carboxylic acids is 2. The average molecular weight is 301 g/mol. The molecule has 0 bridgehead atoms. The number of aliphatic carboxylic acids is 2. The fraction of sp³-hybridized carbons (Fsp3) is 0.769. The van der Waals surface area contributed by atoms with Crippen LogP contribution in [0.25, 0.3) is 0 Å². The molecule has 0 aliphatic carbocycles. The van der Waals surface area contributed by atoms with Gasteiger partial charge in [-0.15, -0.1) is 0 Å². The third kappa shape index (κ3) is 5.41. The maximum atomic E-state index is 11.3. The summed E-state index contributed by atoms with van der Waals surface area (Å²) in [5, 5.41) is 17.9. The van der Waals surface area contributed by atoms with Gasteiger partial charge in [0.05, 0.1) is 26.3 Å². The van der Waals surface area contributed by atoms with E-state index in [-0.39, 0.29) is 25.4 Å². The van der Waals surface area contributed by atoms with Crippen LogP contribution in [-0.4, -0.2) is 94.6 Å². The van der Waals surface area contributed by atoms with Crippen LogP contribution in [-0.2, 0) is 14.4 Å². The van der Waals surface area contributed by atoms with Gasteiger partial charge in [0.15, 0.2) is 0 Å². The number of nitrogens with zero attached hydrogens (tertiary/aromatic N) is 3. The Morgan fingerprint density at radius 2 is 1.62 bits per heavy atom. The SMILES string of the molecule is CC(=O)CN1CN(CC(=O)O)CC(C)(N(C)CC(=O)O)C1. The Labute approximate surface area is 123 Å². The van der Waals surface area contributed by atoms with E-state index in [1.807, 2.05) is 11.8 Å². The topological polar surface area (TPSA) is 101 Å². The number of Topliss-reactive ketones (excluding diaryl/α,β-unsaturated/α-hetero) is 1. The van der Waals surface area contributed by atoms with E-state index in [1.165, 1.54) is 6.92 Å². The van der Waals surface area contributed by atoms with Gasteiger partial charge in [-0.2, -0.15) is 0 Å². The Bertz CT molecular complexity index is 402. The zero-order chi connectivity index (χ0) is 16.2. The second kappa shape index (κ2) is 6.97. The van der Waals surface area contributed by atoms with Crippen LogP contribution in [0.1, 0.15) is 13.8 Å². The second-order valence-corrected chi connectivity index (χ2v) is 5.96. The minimum absolute atomic E-state index is 0.00425. The van der Waals surface area contributed by atoms with Crippen molar-refractivity contribution in [2.75, 3.05) is 46.4 Å². The lowest BCUT2D eigenvalue weighted by Crippen LogP contribution is -2.66. The van der Waals surface area contributed by atoms with Gasteiger partial charge in [-0.25, -0.2) is 0 Å². The summed E-state index contributed by atoms with van der Waals surface area (Å²) in [5.41, 5.74) is -0.526. The van der Waals surface area contributed by atoms with Crippen LogP contribution in [0.2, 0.25) is 0 Å². The summed E-state index contributed by atoms with van der Waals surface area (Å²) in [6, 6.07) is 0. The molecule has 8 heteroatoms. The molecule has 2 N–H and O–H groups in total. The lowest BCUT2D eigenvalue weighted by molar-refractivity contribution is -0.145. The number of rotatable bonds is 7. The van der Waals surface area contributed by atoms with Crippen molar-refractivity contribution in [1.29, 1.82) is 0 Å². The molecule has 0 spiro atoms. The Balaban J connectivity index is 2.87. The summed E-state index contributed by atoms with van der Waals surface area (Å²) in [4.78, 5) is 38.4. The highest BCUT2D eigenvalue weighted by Gasteiger charge is 2.39. The molecule has 0 aromatic heterocycles. The number of ketones is 1. The van der Waals surface area contributed by atoms with Gasteiger partial charge >= 0.3 is 11.9 Å². The Hall–Kier alpha value is -1.51. The fourth-order valence-electron chi connectivity index (χ4n) is 2.75. The number of hydrogen-bond acceptors (Lipinski definition) is 6. The van der Waals surface area contributed by atoms with Gasteiger partial charge in [-0.05, 0) is 20.9 Å². The average Bonchev–Trinajstić information content (AvgIpc) is 2.24. The third-order valence-corrected chi connectivity index (χ3v) is 3.63. The van der Waals surface area contributed by atoms with Crippen LogP contribution in [0, 0.1) is 0 Å². The van der Waals surface area contributed by atoms with E-state index in [2.05, 4.69) is 0 Å². The van der Waals surface area contributed by atoms with Crippen LogP contribution in [0.4, 0.5) is 0 Å². The molecule has 8 nitrogen and oxygen atoms in total. The van der Waals surface area contributed by atoms with Crippen LogP contribution in [0.15, 0.2) is 0 Å². The maximum Gasteiger partial charge on any atom is 0.317 e. The lowest BCUT2D eigenvalue weighted by atomic mass is 9.96. The summed E-state index contributed by atoms with van der Waals surface area (Å²) in [6.07, 6.45) is 0. The van der Waals surface area contributed by atoms with Crippen LogP contribution < -0.4 is 0 Å². The smallest absolute Gasteiger partial charge is 0.317 e. The minimum atomic E-state index is -0.942. The second-order valence-electron chi connectivity index (χ2n) is 5.96. The Morgan fingerprint density at radius 3 is 2.05 bits per heavy atom. The van der Waals surface area contributed by atoms with Gasteiger partial charge in [0, 0.05) is 18.6 Å². The summed E-state index contributed by atoms with van der Waals surface area (Å²) < 4.78 is 0. The maximum absolute atomic E-state index is 11.3. The van der Waals surface area contributed by atoms with Gasteiger partial charge in [0.25, 0.3) is 0 Å². The van der Waals surface area contributed by atoms with Gasteiger partial charge in [0.2, 0.25) is 0 Å². The molecule has 0 radical (unpaired) electrons. The molecule has 21 heavy (non-hydrogen) atoms.